The molecule has 1 aromatic heterocycles. The van der Waals surface area contributed by atoms with Gasteiger partial charge in [-0.1, -0.05) is 6.07 Å². The van der Waals surface area contributed by atoms with Crippen molar-refractivity contribution in [2.24, 2.45) is 0 Å². The first kappa shape index (κ1) is 12.0. The number of oxazole rings is 1. The van der Waals surface area contributed by atoms with Crippen molar-refractivity contribution in [3.8, 4) is 0 Å². The Kier molecular flexibility index (Phi) is 3.47. The smallest absolute Gasteiger partial charge is 0.360 e. The highest BCUT2D eigenvalue weighted by molar-refractivity contribution is 5.87. The number of carbonyl (C=O) groups excluding carboxylic acids is 1. The van der Waals surface area contributed by atoms with Crippen molar-refractivity contribution in [1.29, 1.82) is 0 Å². The average Bonchev–Trinajstić information content (AvgIpc) is 2.78. The molecular weight excluding hydrogens is 234 g/mol. The highest BCUT2D eigenvalue weighted by Crippen LogP contribution is 2.18. The highest BCUT2D eigenvalue weighted by atomic mass is 16.5. The van der Waals surface area contributed by atoms with Gasteiger partial charge in [0.25, 0.3) is 6.01 Å². The molecule has 0 spiro atoms. The second kappa shape index (κ2) is 5.22. The number of nitrogen functional groups attached to an aromatic ring is 1. The van der Waals surface area contributed by atoms with Crippen molar-refractivity contribution in [1.82, 2.24) is 4.98 Å². The van der Waals surface area contributed by atoms with Crippen LogP contribution in [0.25, 0.3) is 0 Å². The monoisotopic (exact) mass is 247 g/mol. The van der Waals surface area contributed by atoms with Crippen LogP contribution >= 0.6 is 0 Å². The molecule has 1 heterocycles. The molecule has 1 aromatic carbocycles. The van der Waals surface area contributed by atoms with Gasteiger partial charge in [-0.2, -0.15) is 4.98 Å². The minimum absolute atomic E-state index is 0.128. The molecule has 0 aliphatic rings. The molecule has 0 radical (unpaired) electrons. The van der Waals surface area contributed by atoms with Gasteiger partial charge in [-0.3, -0.25) is 0 Å². The molecule has 0 unspecified atom stereocenters. The Bertz CT molecular complexity index is 551. The number of nitrogens with zero attached hydrogens (tertiary/aromatic N) is 1. The van der Waals surface area contributed by atoms with Gasteiger partial charge in [-0.15, -0.1) is 0 Å². The van der Waals surface area contributed by atoms with Crippen LogP contribution in [0, 0.1) is 0 Å². The molecule has 2 aromatic rings. The van der Waals surface area contributed by atoms with Crippen LogP contribution in [0.2, 0.25) is 0 Å². The van der Waals surface area contributed by atoms with Gasteiger partial charge in [0.2, 0.25) is 0 Å². The average molecular weight is 247 g/mol. The molecule has 0 saturated heterocycles. The number of hydrogen-bond donors (Lipinski definition) is 2. The lowest BCUT2D eigenvalue weighted by Gasteiger charge is -2.01. The number of rotatable bonds is 4. The van der Waals surface area contributed by atoms with Crippen LogP contribution < -0.4 is 11.1 Å². The van der Waals surface area contributed by atoms with E-state index in [4.69, 9.17) is 14.9 Å². The molecule has 0 fully saturated rings. The van der Waals surface area contributed by atoms with E-state index in [0.29, 0.717) is 12.3 Å². The number of hydrogen-bond acceptors (Lipinski definition) is 6. The Balaban J connectivity index is 2.09. The molecule has 0 saturated carbocycles. The van der Waals surface area contributed by atoms with E-state index in [9.17, 15) is 4.79 Å². The van der Waals surface area contributed by atoms with Gasteiger partial charge in [-0.05, 0) is 25.1 Å². The van der Waals surface area contributed by atoms with Crippen LogP contribution in [0.15, 0.2) is 34.9 Å². The van der Waals surface area contributed by atoms with Crippen molar-refractivity contribution >= 4 is 23.4 Å². The normalized spacial score (nSPS) is 10.1. The summed E-state index contributed by atoms with van der Waals surface area (Å²) in [4.78, 5) is 15.3. The number of aromatic nitrogens is 1. The largest absolute Gasteiger partial charge is 0.461 e. The van der Waals surface area contributed by atoms with E-state index in [1.54, 1.807) is 25.1 Å². The maximum absolute atomic E-state index is 11.4. The number of esters is 1. The van der Waals surface area contributed by atoms with Gasteiger partial charge >= 0.3 is 5.97 Å². The summed E-state index contributed by atoms with van der Waals surface area (Å²) >= 11 is 0. The predicted octanol–water partition coefficient (Wildman–Crippen LogP) is 2.18. The molecule has 3 N–H and O–H groups in total. The Morgan fingerprint density at radius 2 is 2.39 bits per heavy atom. The van der Waals surface area contributed by atoms with Crippen molar-refractivity contribution < 1.29 is 13.9 Å². The molecule has 18 heavy (non-hydrogen) atoms. The van der Waals surface area contributed by atoms with Crippen LogP contribution in [-0.2, 0) is 4.74 Å². The molecule has 0 amide bonds. The molecule has 0 aliphatic carbocycles. The van der Waals surface area contributed by atoms with E-state index in [1.807, 2.05) is 6.07 Å². The zero-order chi connectivity index (χ0) is 13.0. The Labute approximate surface area is 104 Å². The maximum Gasteiger partial charge on any atom is 0.360 e. The first-order chi connectivity index (χ1) is 8.69. The van der Waals surface area contributed by atoms with Crippen molar-refractivity contribution in [3.63, 3.8) is 0 Å². The zero-order valence-corrected chi connectivity index (χ0v) is 9.84. The first-order valence-electron chi connectivity index (χ1n) is 5.44. The molecular formula is C12H13N3O3. The number of anilines is 3. The Morgan fingerprint density at radius 3 is 3.11 bits per heavy atom. The third kappa shape index (κ3) is 2.79. The fourth-order valence-electron chi connectivity index (χ4n) is 1.37. The van der Waals surface area contributed by atoms with E-state index < -0.39 is 5.97 Å². The third-order valence-corrected chi connectivity index (χ3v) is 2.13. The summed E-state index contributed by atoms with van der Waals surface area (Å²) in [5.74, 6) is -0.512. The molecule has 6 nitrogen and oxygen atoms in total. The molecule has 0 aliphatic heterocycles. The van der Waals surface area contributed by atoms with Crippen LogP contribution in [0.5, 0.6) is 0 Å². The number of benzene rings is 1. The number of carbonyl (C=O) groups is 1. The number of nitrogens with one attached hydrogen (secondary N) is 1. The number of nitrogens with two attached hydrogens (primary N) is 1. The topological polar surface area (TPSA) is 90.4 Å². The lowest BCUT2D eigenvalue weighted by molar-refractivity contribution is 0.0519. The molecule has 94 valence electrons. The quantitative estimate of drug-likeness (QED) is 0.635. The molecule has 6 heteroatoms. The first-order valence-corrected chi connectivity index (χ1v) is 5.44. The van der Waals surface area contributed by atoms with Crippen LogP contribution in [0.3, 0.4) is 0 Å². The molecule has 2 rings (SSSR count). The minimum atomic E-state index is -0.512. The van der Waals surface area contributed by atoms with Crippen LogP contribution in [0.4, 0.5) is 17.4 Å². The summed E-state index contributed by atoms with van der Waals surface area (Å²) in [6.45, 7) is 2.02. The van der Waals surface area contributed by atoms with E-state index >= 15 is 0 Å². The van der Waals surface area contributed by atoms with E-state index in [2.05, 4.69) is 10.3 Å². The van der Waals surface area contributed by atoms with Crippen LogP contribution in [-0.4, -0.2) is 17.6 Å². The second-order valence-electron chi connectivity index (χ2n) is 3.51. The van der Waals surface area contributed by atoms with Crippen molar-refractivity contribution in [2.45, 2.75) is 6.92 Å². The summed E-state index contributed by atoms with van der Waals surface area (Å²) in [5, 5.41) is 2.90. The lowest BCUT2D eigenvalue weighted by atomic mass is 10.3. The van der Waals surface area contributed by atoms with Gasteiger partial charge in [0.15, 0.2) is 5.69 Å². The van der Waals surface area contributed by atoms with Gasteiger partial charge in [0.05, 0.1) is 6.61 Å². The minimum Gasteiger partial charge on any atom is -0.461 e. The highest BCUT2D eigenvalue weighted by Gasteiger charge is 2.12. The fourth-order valence-corrected chi connectivity index (χ4v) is 1.37. The van der Waals surface area contributed by atoms with E-state index in [0.717, 1.165) is 5.69 Å². The molecule has 0 atom stereocenters. The SMILES string of the molecule is CCOC(=O)c1coc(Nc2cccc(N)c2)n1. The fraction of sp³-hybridized carbons (Fsp3) is 0.167. The maximum atomic E-state index is 11.4. The summed E-state index contributed by atoms with van der Waals surface area (Å²) in [6.07, 6.45) is 1.24. The van der Waals surface area contributed by atoms with Crippen molar-refractivity contribution in [2.75, 3.05) is 17.7 Å². The second-order valence-corrected chi connectivity index (χ2v) is 3.51. The van der Waals surface area contributed by atoms with Crippen LogP contribution in [0.1, 0.15) is 17.4 Å². The number of ether oxygens (including phenoxy) is 1. The Morgan fingerprint density at radius 1 is 1.56 bits per heavy atom. The summed E-state index contributed by atoms with van der Waals surface area (Å²) < 4.78 is 9.91. The van der Waals surface area contributed by atoms with Gasteiger partial charge < -0.3 is 20.2 Å². The van der Waals surface area contributed by atoms with E-state index in [1.165, 1.54) is 6.26 Å². The summed E-state index contributed by atoms with van der Waals surface area (Å²) in [6, 6.07) is 7.32. The summed E-state index contributed by atoms with van der Waals surface area (Å²) in [5.41, 5.74) is 7.12. The summed E-state index contributed by atoms with van der Waals surface area (Å²) in [7, 11) is 0. The van der Waals surface area contributed by atoms with Gasteiger partial charge in [0.1, 0.15) is 6.26 Å². The molecule has 0 bridgehead atoms. The predicted molar refractivity (Wildman–Crippen MR) is 66.6 cm³/mol. The zero-order valence-electron chi connectivity index (χ0n) is 9.84. The van der Waals surface area contributed by atoms with E-state index in [-0.39, 0.29) is 11.7 Å². The standard InChI is InChI=1S/C12H13N3O3/c1-2-17-11(16)10-7-18-12(15-10)14-9-5-3-4-8(13)6-9/h3-7H,2,13H2,1H3,(H,14,15). The van der Waals surface area contributed by atoms with Gasteiger partial charge in [0, 0.05) is 11.4 Å². The third-order valence-electron chi connectivity index (χ3n) is 2.13. The van der Waals surface area contributed by atoms with Gasteiger partial charge in [-0.25, -0.2) is 4.79 Å². The lowest BCUT2D eigenvalue weighted by Crippen LogP contribution is -2.05. The Hall–Kier alpha value is -2.50. The van der Waals surface area contributed by atoms with Crippen molar-refractivity contribution in [3.05, 3.63) is 36.2 Å².